The summed E-state index contributed by atoms with van der Waals surface area (Å²) in [4.78, 5) is 22.0. The molecule has 1 N–H and O–H groups in total. The molecule has 1 atom stereocenters. The van der Waals surface area contributed by atoms with E-state index in [0.29, 0.717) is 12.0 Å². The first-order chi connectivity index (χ1) is 12.4. The highest BCUT2D eigenvalue weighted by Gasteiger charge is 2.23. The fourth-order valence-corrected chi connectivity index (χ4v) is 3.40. The number of hydrogen-bond donors (Lipinski definition) is 1. The number of carbonyl (C=O) groups is 1. The van der Waals surface area contributed by atoms with Gasteiger partial charge < -0.3 is 5.11 Å². The van der Waals surface area contributed by atoms with Gasteiger partial charge in [-0.25, -0.2) is 0 Å². The SMILES string of the molecule is CC(C)CCCCCCCCCC(CC(=O)O)c1ccccc1[N+](=O)[O-]. The zero-order valence-corrected chi connectivity index (χ0v) is 16.2. The summed E-state index contributed by atoms with van der Waals surface area (Å²) in [5.74, 6) is -0.415. The Morgan fingerprint density at radius 3 is 2.08 bits per heavy atom. The van der Waals surface area contributed by atoms with Crippen molar-refractivity contribution in [2.45, 2.75) is 84.0 Å². The number of benzene rings is 1. The fraction of sp³-hybridized carbons (Fsp3) is 0.667. The molecular weight excluding hydrogens is 330 g/mol. The molecule has 1 aromatic carbocycles. The summed E-state index contributed by atoms with van der Waals surface area (Å²) in [6, 6.07) is 6.52. The molecule has 0 amide bonds. The van der Waals surface area contributed by atoms with Crippen molar-refractivity contribution in [1.82, 2.24) is 0 Å². The molecule has 0 aliphatic rings. The minimum Gasteiger partial charge on any atom is -0.481 e. The van der Waals surface area contributed by atoms with Crippen molar-refractivity contribution in [2.24, 2.45) is 5.92 Å². The van der Waals surface area contributed by atoms with Gasteiger partial charge in [-0.2, -0.15) is 0 Å². The number of para-hydroxylation sites is 1. The molecule has 5 heteroatoms. The normalized spacial score (nSPS) is 12.3. The van der Waals surface area contributed by atoms with E-state index in [2.05, 4.69) is 13.8 Å². The number of rotatable bonds is 14. The molecule has 1 rings (SSSR count). The average Bonchev–Trinajstić information content (AvgIpc) is 2.58. The van der Waals surface area contributed by atoms with E-state index in [9.17, 15) is 14.9 Å². The summed E-state index contributed by atoms with van der Waals surface area (Å²) >= 11 is 0. The van der Waals surface area contributed by atoms with Crippen molar-refractivity contribution >= 4 is 11.7 Å². The van der Waals surface area contributed by atoms with Crippen molar-refractivity contribution < 1.29 is 14.8 Å². The second kappa shape index (κ2) is 12.4. The second-order valence-electron chi connectivity index (χ2n) is 7.56. The van der Waals surface area contributed by atoms with E-state index in [0.717, 1.165) is 25.2 Å². The van der Waals surface area contributed by atoms with E-state index in [4.69, 9.17) is 5.11 Å². The molecule has 0 aliphatic heterocycles. The van der Waals surface area contributed by atoms with Gasteiger partial charge in [0, 0.05) is 17.5 Å². The first-order valence-corrected chi connectivity index (χ1v) is 9.87. The van der Waals surface area contributed by atoms with Crippen LogP contribution in [0.25, 0.3) is 0 Å². The molecule has 0 fully saturated rings. The highest BCUT2D eigenvalue weighted by atomic mass is 16.6. The molecule has 0 saturated heterocycles. The molecule has 1 unspecified atom stereocenters. The van der Waals surface area contributed by atoms with Gasteiger partial charge >= 0.3 is 5.97 Å². The monoisotopic (exact) mass is 363 g/mol. The fourth-order valence-electron chi connectivity index (χ4n) is 3.40. The van der Waals surface area contributed by atoms with Crippen molar-refractivity contribution in [3.63, 3.8) is 0 Å². The molecule has 5 nitrogen and oxygen atoms in total. The summed E-state index contributed by atoms with van der Waals surface area (Å²) in [6.07, 6.45) is 10.1. The van der Waals surface area contributed by atoms with E-state index in [1.54, 1.807) is 18.2 Å². The first kappa shape index (κ1) is 22.1. The molecule has 0 saturated carbocycles. The maximum absolute atomic E-state index is 11.2. The van der Waals surface area contributed by atoms with Crippen molar-refractivity contribution in [2.75, 3.05) is 0 Å². The van der Waals surface area contributed by atoms with Crippen LogP contribution in [-0.2, 0) is 4.79 Å². The summed E-state index contributed by atoms with van der Waals surface area (Å²) in [5, 5.41) is 20.4. The van der Waals surface area contributed by atoms with Gasteiger partial charge in [-0.15, -0.1) is 0 Å². The van der Waals surface area contributed by atoms with Crippen LogP contribution < -0.4 is 0 Å². The minimum absolute atomic E-state index is 0.0314. The average molecular weight is 363 g/mol. The van der Waals surface area contributed by atoms with Gasteiger partial charge in [0.25, 0.3) is 5.69 Å². The number of carboxylic acids is 1. The predicted octanol–water partition coefficient (Wildman–Crippen LogP) is 6.32. The maximum Gasteiger partial charge on any atom is 0.303 e. The largest absolute Gasteiger partial charge is 0.481 e. The number of hydrogen-bond acceptors (Lipinski definition) is 3. The summed E-state index contributed by atoms with van der Waals surface area (Å²) in [5.41, 5.74) is 0.581. The van der Waals surface area contributed by atoms with Crippen LogP contribution in [0.2, 0.25) is 0 Å². The maximum atomic E-state index is 11.2. The Labute approximate surface area is 157 Å². The van der Waals surface area contributed by atoms with Gasteiger partial charge in [0.15, 0.2) is 0 Å². The lowest BCUT2D eigenvalue weighted by Gasteiger charge is -2.15. The summed E-state index contributed by atoms with van der Waals surface area (Å²) in [6.45, 7) is 4.51. The van der Waals surface area contributed by atoms with Gasteiger partial charge in [-0.1, -0.05) is 83.4 Å². The molecule has 0 aliphatic carbocycles. The van der Waals surface area contributed by atoms with Crippen LogP contribution in [0.1, 0.15) is 89.5 Å². The smallest absolute Gasteiger partial charge is 0.303 e. The third-order valence-corrected chi connectivity index (χ3v) is 4.83. The van der Waals surface area contributed by atoms with Gasteiger partial charge in [0.1, 0.15) is 0 Å². The van der Waals surface area contributed by atoms with E-state index in [1.807, 2.05) is 0 Å². The Morgan fingerprint density at radius 1 is 1.00 bits per heavy atom. The molecule has 0 bridgehead atoms. The lowest BCUT2D eigenvalue weighted by molar-refractivity contribution is -0.385. The zero-order chi connectivity index (χ0) is 19.4. The Hall–Kier alpha value is -1.91. The van der Waals surface area contributed by atoms with Crippen LogP contribution in [-0.4, -0.2) is 16.0 Å². The molecule has 146 valence electrons. The quantitative estimate of drug-likeness (QED) is 0.238. The lowest BCUT2D eigenvalue weighted by atomic mass is 9.89. The van der Waals surface area contributed by atoms with Gasteiger partial charge in [-0.3, -0.25) is 14.9 Å². The standard InChI is InChI=1S/C21H33NO4/c1-17(2)12-8-6-4-3-5-7-9-13-18(16-21(23)24)19-14-10-11-15-20(19)22(25)26/h10-11,14-15,17-18H,3-9,12-13,16H2,1-2H3,(H,23,24). The minimum atomic E-state index is -0.904. The Kier molecular flexibility index (Phi) is 10.6. The third-order valence-electron chi connectivity index (χ3n) is 4.83. The Bertz CT molecular complexity index is 557. The third kappa shape index (κ3) is 8.97. The molecular formula is C21H33NO4. The summed E-state index contributed by atoms with van der Waals surface area (Å²) in [7, 11) is 0. The van der Waals surface area contributed by atoms with E-state index < -0.39 is 10.9 Å². The van der Waals surface area contributed by atoms with Crippen LogP contribution in [0.3, 0.4) is 0 Å². The molecule has 0 aromatic heterocycles. The number of nitro benzene ring substituents is 1. The Balaban J connectivity index is 2.40. The first-order valence-electron chi connectivity index (χ1n) is 9.87. The predicted molar refractivity (Wildman–Crippen MR) is 104 cm³/mol. The van der Waals surface area contributed by atoms with Crippen LogP contribution in [0.5, 0.6) is 0 Å². The highest BCUT2D eigenvalue weighted by Crippen LogP contribution is 2.32. The van der Waals surface area contributed by atoms with Gasteiger partial charge in [0.05, 0.1) is 11.3 Å². The van der Waals surface area contributed by atoms with E-state index >= 15 is 0 Å². The molecule has 0 radical (unpaired) electrons. The van der Waals surface area contributed by atoms with Crippen LogP contribution >= 0.6 is 0 Å². The molecule has 0 heterocycles. The number of nitro groups is 1. The lowest BCUT2D eigenvalue weighted by Crippen LogP contribution is -2.09. The molecule has 26 heavy (non-hydrogen) atoms. The summed E-state index contributed by atoms with van der Waals surface area (Å²) < 4.78 is 0. The number of unbranched alkanes of at least 4 members (excludes halogenated alkanes) is 6. The van der Waals surface area contributed by atoms with Crippen molar-refractivity contribution in [1.29, 1.82) is 0 Å². The highest BCUT2D eigenvalue weighted by molar-refractivity contribution is 5.68. The zero-order valence-electron chi connectivity index (χ0n) is 16.2. The number of nitrogens with zero attached hydrogens (tertiary/aromatic N) is 1. The van der Waals surface area contributed by atoms with Gasteiger partial charge in [-0.05, 0) is 12.3 Å². The van der Waals surface area contributed by atoms with Crippen LogP contribution in [0.4, 0.5) is 5.69 Å². The topological polar surface area (TPSA) is 80.4 Å². The van der Waals surface area contributed by atoms with Crippen LogP contribution in [0.15, 0.2) is 24.3 Å². The number of aliphatic carboxylic acids is 1. The van der Waals surface area contributed by atoms with Crippen molar-refractivity contribution in [3.8, 4) is 0 Å². The number of carboxylic acid groups (broad SMARTS) is 1. The van der Waals surface area contributed by atoms with Crippen LogP contribution in [0, 0.1) is 16.0 Å². The van der Waals surface area contributed by atoms with Crippen molar-refractivity contribution in [3.05, 3.63) is 39.9 Å². The molecule has 1 aromatic rings. The second-order valence-corrected chi connectivity index (χ2v) is 7.56. The van der Waals surface area contributed by atoms with E-state index in [-0.39, 0.29) is 18.0 Å². The molecule has 0 spiro atoms. The van der Waals surface area contributed by atoms with E-state index in [1.165, 1.54) is 38.2 Å². The Morgan fingerprint density at radius 2 is 1.54 bits per heavy atom. The van der Waals surface area contributed by atoms with Gasteiger partial charge in [0.2, 0.25) is 0 Å².